The van der Waals surface area contributed by atoms with E-state index in [-0.39, 0.29) is 12.0 Å². The number of nitrogens with zero attached hydrogens (tertiary/aromatic N) is 5. The van der Waals surface area contributed by atoms with Crippen molar-refractivity contribution < 1.29 is 15.0 Å². The van der Waals surface area contributed by atoms with E-state index in [1.165, 1.54) is 0 Å². The second-order valence-electron chi connectivity index (χ2n) is 7.34. The summed E-state index contributed by atoms with van der Waals surface area (Å²) >= 11 is 0. The Kier molecular flexibility index (Phi) is 6.86. The van der Waals surface area contributed by atoms with Gasteiger partial charge in [-0.3, -0.25) is 14.8 Å². The minimum atomic E-state index is -0.833. The van der Waals surface area contributed by atoms with Crippen molar-refractivity contribution >= 4 is 5.97 Å². The first-order valence-corrected chi connectivity index (χ1v) is 9.79. The monoisotopic (exact) mass is 410 g/mol. The number of carboxylic acids is 1. The maximum Gasteiger partial charge on any atom is 0.300 e. The Morgan fingerprint density at radius 1 is 1.23 bits per heavy atom. The second kappa shape index (κ2) is 9.55. The fourth-order valence-corrected chi connectivity index (χ4v) is 3.50. The zero-order valence-electron chi connectivity index (χ0n) is 17.0. The number of pyridine rings is 2. The van der Waals surface area contributed by atoms with E-state index in [9.17, 15) is 5.11 Å². The topological polar surface area (TPSA) is 140 Å². The van der Waals surface area contributed by atoms with Gasteiger partial charge in [-0.2, -0.15) is 0 Å². The standard InChI is InChI=1S/C19H22N6O.C2H4O2/c1-12-11-21-9-7-16(12)25-19(13-5-6-17(26)14(20)10-13)23-18(24-25)15-4-2-3-8-22-15;1-2(3)4/h2-4,7-9,11,13-14,17,26H,5-6,10,20H2,1H3;1H3,(H,3,4)/t13-,14+,17+;/m0./s1. The molecule has 0 amide bonds. The van der Waals surface area contributed by atoms with Crippen LogP contribution in [0.2, 0.25) is 0 Å². The molecule has 3 aromatic rings. The number of aliphatic hydroxyl groups excluding tert-OH is 1. The van der Waals surface area contributed by atoms with E-state index in [4.69, 9.17) is 25.7 Å². The molecule has 1 fully saturated rings. The molecular formula is C21H26N6O3. The number of nitrogens with two attached hydrogens (primary N) is 1. The number of carboxylic acid groups (broad SMARTS) is 1. The van der Waals surface area contributed by atoms with Crippen molar-refractivity contribution in [1.29, 1.82) is 0 Å². The maximum absolute atomic E-state index is 9.97. The van der Waals surface area contributed by atoms with E-state index < -0.39 is 12.1 Å². The predicted octanol–water partition coefficient (Wildman–Crippen LogP) is 2.08. The van der Waals surface area contributed by atoms with Gasteiger partial charge in [0.15, 0.2) is 5.82 Å². The summed E-state index contributed by atoms with van der Waals surface area (Å²) < 4.78 is 1.89. The quantitative estimate of drug-likeness (QED) is 0.596. The van der Waals surface area contributed by atoms with E-state index in [0.717, 1.165) is 36.1 Å². The lowest BCUT2D eigenvalue weighted by Gasteiger charge is -2.30. The molecule has 4 N–H and O–H groups in total. The fraction of sp³-hybridized carbons (Fsp3) is 0.381. The van der Waals surface area contributed by atoms with E-state index >= 15 is 0 Å². The third-order valence-electron chi connectivity index (χ3n) is 4.97. The summed E-state index contributed by atoms with van der Waals surface area (Å²) in [5.41, 5.74) is 8.82. The molecule has 0 bridgehead atoms. The molecule has 9 nitrogen and oxygen atoms in total. The lowest BCUT2D eigenvalue weighted by atomic mass is 9.83. The summed E-state index contributed by atoms with van der Waals surface area (Å²) in [5, 5.41) is 22.1. The highest BCUT2D eigenvalue weighted by molar-refractivity contribution is 5.63. The van der Waals surface area contributed by atoms with E-state index in [1.54, 1.807) is 12.4 Å². The van der Waals surface area contributed by atoms with Crippen LogP contribution >= 0.6 is 0 Å². The zero-order valence-corrected chi connectivity index (χ0v) is 17.0. The Morgan fingerprint density at radius 2 is 2.00 bits per heavy atom. The van der Waals surface area contributed by atoms with Gasteiger partial charge in [-0.15, -0.1) is 5.10 Å². The molecule has 1 aliphatic carbocycles. The minimum Gasteiger partial charge on any atom is -0.481 e. The van der Waals surface area contributed by atoms with Gasteiger partial charge in [-0.05, 0) is 49.9 Å². The molecule has 3 atom stereocenters. The Labute approximate surface area is 174 Å². The Morgan fingerprint density at radius 3 is 2.63 bits per heavy atom. The number of hydrogen-bond donors (Lipinski definition) is 3. The number of aryl methyl sites for hydroxylation is 1. The molecule has 0 unspecified atom stereocenters. The third kappa shape index (κ3) is 5.05. The van der Waals surface area contributed by atoms with Gasteiger partial charge in [-0.25, -0.2) is 9.67 Å². The Balaban J connectivity index is 0.000000589. The van der Waals surface area contributed by atoms with Gasteiger partial charge in [0, 0.05) is 37.5 Å². The molecular weight excluding hydrogens is 384 g/mol. The molecule has 0 saturated heterocycles. The second-order valence-corrected chi connectivity index (χ2v) is 7.34. The summed E-state index contributed by atoms with van der Waals surface area (Å²) in [5.74, 6) is 0.768. The summed E-state index contributed by atoms with van der Waals surface area (Å²) in [6, 6.07) is 7.39. The first-order valence-electron chi connectivity index (χ1n) is 9.79. The molecule has 0 aromatic carbocycles. The summed E-state index contributed by atoms with van der Waals surface area (Å²) in [6.45, 7) is 3.09. The lowest BCUT2D eigenvalue weighted by molar-refractivity contribution is -0.134. The summed E-state index contributed by atoms with van der Waals surface area (Å²) in [4.78, 5) is 22.4. The fourth-order valence-electron chi connectivity index (χ4n) is 3.50. The van der Waals surface area contributed by atoms with Gasteiger partial charge in [0.2, 0.25) is 0 Å². The van der Waals surface area contributed by atoms with Crippen molar-refractivity contribution in [2.24, 2.45) is 5.73 Å². The highest BCUT2D eigenvalue weighted by atomic mass is 16.4. The summed E-state index contributed by atoms with van der Waals surface area (Å²) in [6.07, 6.45) is 7.06. The van der Waals surface area contributed by atoms with Gasteiger partial charge in [0.05, 0.1) is 11.8 Å². The average Bonchev–Trinajstić information content (AvgIpc) is 3.16. The molecule has 30 heavy (non-hydrogen) atoms. The number of carbonyl (C=O) groups is 1. The normalized spacial score (nSPS) is 20.9. The molecule has 1 aliphatic rings. The maximum atomic E-state index is 9.97. The molecule has 0 radical (unpaired) electrons. The van der Waals surface area contributed by atoms with Gasteiger partial charge >= 0.3 is 0 Å². The SMILES string of the molecule is CC(=O)O.Cc1cnccc1-n1nc(-c2ccccn2)nc1[C@H]1CC[C@@H](O)[C@H](N)C1. The molecule has 4 rings (SSSR count). The molecule has 3 aromatic heterocycles. The van der Waals surface area contributed by atoms with Gasteiger partial charge < -0.3 is 15.9 Å². The Bertz CT molecular complexity index is 987. The van der Waals surface area contributed by atoms with Crippen molar-refractivity contribution in [1.82, 2.24) is 24.7 Å². The van der Waals surface area contributed by atoms with Crippen molar-refractivity contribution in [3.05, 3.63) is 54.2 Å². The first-order chi connectivity index (χ1) is 14.4. The average molecular weight is 410 g/mol. The van der Waals surface area contributed by atoms with Gasteiger partial charge in [-0.1, -0.05) is 6.07 Å². The number of aliphatic hydroxyl groups is 1. The van der Waals surface area contributed by atoms with Gasteiger partial charge in [0.1, 0.15) is 11.5 Å². The van der Waals surface area contributed by atoms with E-state index in [2.05, 4.69) is 9.97 Å². The molecule has 158 valence electrons. The number of aromatic nitrogens is 5. The van der Waals surface area contributed by atoms with Crippen molar-refractivity contribution in [3.63, 3.8) is 0 Å². The van der Waals surface area contributed by atoms with Crippen LogP contribution in [0.5, 0.6) is 0 Å². The van der Waals surface area contributed by atoms with Crippen LogP contribution in [-0.4, -0.2) is 53.1 Å². The molecule has 0 spiro atoms. The zero-order chi connectivity index (χ0) is 21.7. The van der Waals surface area contributed by atoms with Crippen LogP contribution in [0.1, 0.15) is 43.5 Å². The largest absolute Gasteiger partial charge is 0.481 e. The van der Waals surface area contributed by atoms with Crippen molar-refractivity contribution in [2.45, 2.75) is 51.2 Å². The van der Waals surface area contributed by atoms with Crippen molar-refractivity contribution in [2.75, 3.05) is 0 Å². The van der Waals surface area contributed by atoms with E-state index in [1.807, 2.05) is 42.1 Å². The molecule has 1 saturated carbocycles. The summed E-state index contributed by atoms with van der Waals surface area (Å²) in [7, 11) is 0. The highest BCUT2D eigenvalue weighted by Gasteiger charge is 2.31. The lowest BCUT2D eigenvalue weighted by Crippen LogP contribution is -2.40. The van der Waals surface area contributed by atoms with Crippen molar-refractivity contribution in [3.8, 4) is 17.2 Å². The predicted molar refractivity (Wildman–Crippen MR) is 111 cm³/mol. The Hall–Kier alpha value is -3.17. The smallest absolute Gasteiger partial charge is 0.300 e. The van der Waals surface area contributed by atoms with Crippen LogP contribution in [0, 0.1) is 6.92 Å². The molecule has 9 heteroatoms. The number of rotatable bonds is 3. The molecule has 3 heterocycles. The third-order valence-corrected chi connectivity index (χ3v) is 4.97. The van der Waals surface area contributed by atoms with Crippen LogP contribution in [0.4, 0.5) is 0 Å². The minimum absolute atomic E-state index is 0.144. The van der Waals surface area contributed by atoms with Crippen LogP contribution < -0.4 is 5.73 Å². The number of aliphatic carboxylic acids is 1. The van der Waals surface area contributed by atoms with Crippen LogP contribution in [0.25, 0.3) is 17.2 Å². The first kappa shape index (κ1) is 21.5. The van der Waals surface area contributed by atoms with Crippen LogP contribution in [0.3, 0.4) is 0 Å². The van der Waals surface area contributed by atoms with Crippen LogP contribution in [0.15, 0.2) is 42.9 Å². The van der Waals surface area contributed by atoms with Gasteiger partial charge in [0.25, 0.3) is 5.97 Å². The highest BCUT2D eigenvalue weighted by Crippen LogP contribution is 2.33. The van der Waals surface area contributed by atoms with Crippen LogP contribution in [-0.2, 0) is 4.79 Å². The number of hydrogen-bond acceptors (Lipinski definition) is 7. The van der Waals surface area contributed by atoms with E-state index in [0.29, 0.717) is 18.7 Å². The molecule has 0 aliphatic heterocycles.